The summed E-state index contributed by atoms with van der Waals surface area (Å²) >= 11 is 0. The van der Waals surface area contributed by atoms with Gasteiger partial charge in [0.15, 0.2) is 5.67 Å². The first-order chi connectivity index (χ1) is 7.52. The largest absolute Gasteiger partial charge is 0.562 e. The Morgan fingerprint density at radius 3 is 2.00 bits per heavy atom. The standard InChI is InChI=1S/C9H20N2O4Si/c1-10(2)9(12)11-7-6-8(11)16(13-3,14-4)15-5/h8H,6-7H2,1-5H3/p+1. The normalized spacial score (nSPS) is 25.1. The Balaban J connectivity index is 2.77. The van der Waals surface area contributed by atoms with Crippen LogP contribution in [0.5, 0.6) is 0 Å². The fourth-order valence-electron chi connectivity index (χ4n) is 2.04. The molecule has 1 saturated heterocycles. The molecule has 2 atom stereocenters. The van der Waals surface area contributed by atoms with E-state index in [0.29, 0.717) is 0 Å². The number of carbonyl (C=O) groups excluding carboxylic acids is 1. The lowest BCUT2D eigenvalue weighted by Crippen LogP contribution is -3.27. The van der Waals surface area contributed by atoms with Crippen molar-refractivity contribution < 1.29 is 23.0 Å². The molecule has 16 heavy (non-hydrogen) atoms. The molecule has 0 aromatic rings. The van der Waals surface area contributed by atoms with Gasteiger partial charge in [-0.1, -0.05) is 0 Å². The van der Waals surface area contributed by atoms with E-state index in [4.69, 9.17) is 13.3 Å². The molecular weight excluding hydrogens is 228 g/mol. The number of amides is 2. The maximum absolute atomic E-state index is 11.9. The van der Waals surface area contributed by atoms with Gasteiger partial charge in [0.25, 0.3) is 0 Å². The van der Waals surface area contributed by atoms with E-state index in [1.54, 1.807) is 40.3 Å². The molecule has 7 heteroatoms. The lowest BCUT2D eigenvalue weighted by Gasteiger charge is -2.42. The first-order valence-electron chi connectivity index (χ1n) is 5.25. The van der Waals surface area contributed by atoms with Gasteiger partial charge in [0, 0.05) is 35.4 Å². The third-order valence-electron chi connectivity index (χ3n) is 3.08. The van der Waals surface area contributed by atoms with Crippen molar-refractivity contribution in [3.63, 3.8) is 0 Å². The van der Waals surface area contributed by atoms with E-state index in [0.717, 1.165) is 17.9 Å². The Labute approximate surface area is 97.4 Å². The van der Waals surface area contributed by atoms with Crippen LogP contribution in [0, 0.1) is 0 Å². The molecular formula is C9H21N2O4Si+. The van der Waals surface area contributed by atoms with Gasteiger partial charge in [0.2, 0.25) is 0 Å². The first-order valence-corrected chi connectivity index (χ1v) is 7.05. The van der Waals surface area contributed by atoms with Crippen LogP contribution in [0.4, 0.5) is 4.79 Å². The highest BCUT2D eigenvalue weighted by atomic mass is 28.4. The Morgan fingerprint density at radius 2 is 1.75 bits per heavy atom. The third-order valence-corrected chi connectivity index (χ3v) is 6.28. The highest BCUT2D eigenvalue weighted by Gasteiger charge is 2.61. The predicted molar refractivity (Wildman–Crippen MR) is 60.1 cm³/mol. The second-order valence-corrected chi connectivity index (χ2v) is 7.16. The van der Waals surface area contributed by atoms with Crippen LogP contribution in [0.1, 0.15) is 6.42 Å². The number of hydrogen-bond acceptors (Lipinski definition) is 4. The zero-order valence-corrected chi connectivity index (χ0v) is 11.6. The van der Waals surface area contributed by atoms with Crippen molar-refractivity contribution in [3.05, 3.63) is 0 Å². The lowest BCUT2D eigenvalue weighted by molar-refractivity contribution is -0.881. The highest BCUT2D eigenvalue weighted by molar-refractivity contribution is 6.62. The summed E-state index contributed by atoms with van der Waals surface area (Å²) in [6.45, 7) is 0.812. The maximum Gasteiger partial charge on any atom is 0.562 e. The molecule has 1 fully saturated rings. The number of likely N-dealkylation sites (tertiary alicyclic amines) is 1. The number of nitrogens with zero attached hydrogens (tertiary/aromatic N) is 1. The summed E-state index contributed by atoms with van der Waals surface area (Å²) < 4.78 is 16.2. The Hall–Kier alpha value is -0.473. The molecule has 2 amide bonds. The molecule has 0 saturated carbocycles. The third kappa shape index (κ3) is 2.14. The summed E-state index contributed by atoms with van der Waals surface area (Å²) in [6, 6.07) is 0.0549. The second-order valence-electron chi connectivity index (χ2n) is 4.03. The van der Waals surface area contributed by atoms with Crippen LogP contribution in [0.2, 0.25) is 0 Å². The maximum atomic E-state index is 11.9. The molecule has 0 radical (unpaired) electrons. The molecule has 6 nitrogen and oxygen atoms in total. The molecule has 0 bridgehead atoms. The van der Waals surface area contributed by atoms with Crippen molar-refractivity contribution in [2.45, 2.75) is 12.1 Å². The monoisotopic (exact) mass is 249 g/mol. The van der Waals surface area contributed by atoms with Crippen molar-refractivity contribution in [1.82, 2.24) is 4.90 Å². The molecule has 1 aliphatic heterocycles. The van der Waals surface area contributed by atoms with Gasteiger partial charge < -0.3 is 13.3 Å². The van der Waals surface area contributed by atoms with Crippen molar-refractivity contribution in [2.24, 2.45) is 0 Å². The smallest absolute Gasteiger partial charge is 0.373 e. The average Bonchev–Trinajstić information content (AvgIpc) is 2.24. The number of quaternary nitrogens is 1. The quantitative estimate of drug-likeness (QED) is 0.632. The summed E-state index contributed by atoms with van der Waals surface area (Å²) in [5.74, 6) is 0. The molecule has 1 heterocycles. The molecule has 1 rings (SSSR count). The van der Waals surface area contributed by atoms with Gasteiger partial charge in [0.05, 0.1) is 13.0 Å². The second kappa shape index (κ2) is 5.24. The van der Waals surface area contributed by atoms with Crippen LogP contribution in [0.25, 0.3) is 0 Å². The predicted octanol–water partition coefficient (Wildman–Crippen LogP) is -1.26. The Morgan fingerprint density at radius 1 is 1.25 bits per heavy atom. The summed E-state index contributed by atoms with van der Waals surface area (Å²) in [4.78, 5) is 14.3. The molecule has 1 aliphatic rings. The molecule has 1 N–H and O–H groups in total. The van der Waals surface area contributed by atoms with Crippen LogP contribution in [-0.4, -0.2) is 67.4 Å². The fraction of sp³-hybridized carbons (Fsp3) is 0.889. The highest BCUT2D eigenvalue weighted by Crippen LogP contribution is 2.16. The lowest BCUT2D eigenvalue weighted by atomic mass is 10.2. The minimum absolute atomic E-state index is 0.0161. The summed E-state index contributed by atoms with van der Waals surface area (Å²) in [7, 11) is 5.55. The van der Waals surface area contributed by atoms with Crippen molar-refractivity contribution in [2.75, 3.05) is 42.0 Å². The molecule has 0 aromatic heterocycles. The van der Waals surface area contributed by atoms with Crippen LogP contribution >= 0.6 is 0 Å². The van der Waals surface area contributed by atoms with Crippen molar-refractivity contribution in [3.8, 4) is 0 Å². The Bertz CT molecular complexity index is 250. The van der Waals surface area contributed by atoms with Gasteiger partial charge in [-0.15, -0.1) is 0 Å². The van der Waals surface area contributed by atoms with E-state index in [2.05, 4.69) is 0 Å². The zero-order chi connectivity index (χ0) is 12.3. The summed E-state index contributed by atoms with van der Waals surface area (Å²) in [6.07, 6.45) is 0.899. The topological polar surface area (TPSA) is 52.4 Å². The number of nitrogens with one attached hydrogen (secondary N) is 1. The van der Waals surface area contributed by atoms with Crippen molar-refractivity contribution >= 4 is 14.8 Å². The average molecular weight is 249 g/mol. The molecule has 0 spiro atoms. The van der Waals surface area contributed by atoms with Gasteiger partial charge in [-0.2, -0.15) is 0 Å². The van der Waals surface area contributed by atoms with Gasteiger partial charge in [-0.05, 0) is 0 Å². The van der Waals surface area contributed by atoms with Crippen LogP contribution in [0.15, 0.2) is 0 Å². The summed E-state index contributed by atoms with van der Waals surface area (Å²) in [5, 5.41) is 0. The minimum atomic E-state index is -2.69. The van der Waals surface area contributed by atoms with Crippen LogP contribution in [-0.2, 0) is 13.3 Å². The van der Waals surface area contributed by atoms with E-state index >= 15 is 0 Å². The van der Waals surface area contributed by atoms with Gasteiger partial charge in [-0.25, -0.2) is 9.69 Å². The van der Waals surface area contributed by atoms with E-state index in [-0.39, 0.29) is 11.7 Å². The number of carbonyl (C=O) groups is 1. The number of urea groups is 1. The van der Waals surface area contributed by atoms with E-state index < -0.39 is 8.80 Å². The fourth-order valence-corrected chi connectivity index (χ4v) is 4.59. The SMILES string of the molecule is CO[Si](OC)(OC)C1CC[NH+]1C(=O)N(C)C. The van der Waals surface area contributed by atoms with Crippen molar-refractivity contribution in [1.29, 1.82) is 0 Å². The summed E-state index contributed by atoms with van der Waals surface area (Å²) in [5.41, 5.74) is 0.0161. The first kappa shape index (κ1) is 13.6. The van der Waals surface area contributed by atoms with Crippen LogP contribution < -0.4 is 4.90 Å². The molecule has 94 valence electrons. The zero-order valence-electron chi connectivity index (χ0n) is 10.6. The van der Waals surface area contributed by atoms with Gasteiger partial charge in [0.1, 0.15) is 0 Å². The molecule has 2 unspecified atom stereocenters. The van der Waals surface area contributed by atoms with Gasteiger partial charge >= 0.3 is 14.8 Å². The number of hydrogen-bond donors (Lipinski definition) is 1. The van der Waals surface area contributed by atoms with Crippen LogP contribution in [0.3, 0.4) is 0 Å². The minimum Gasteiger partial charge on any atom is -0.373 e. The van der Waals surface area contributed by atoms with E-state index in [1.807, 2.05) is 0 Å². The van der Waals surface area contributed by atoms with E-state index in [1.165, 1.54) is 0 Å². The van der Waals surface area contributed by atoms with Gasteiger partial charge in [-0.3, -0.25) is 4.90 Å². The number of rotatable bonds is 4. The Kier molecular flexibility index (Phi) is 4.45. The van der Waals surface area contributed by atoms with E-state index in [9.17, 15) is 4.79 Å². The molecule has 0 aliphatic carbocycles. The molecule has 0 aromatic carbocycles.